The van der Waals surface area contributed by atoms with Crippen LogP contribution in [0.25, 0.3) is 0 Å². The van der Waals surface area contributed by atoms with Crippen molar-refractivity contribution < 1.29 is 18.3 Å². The van der Waals surface area contributed by atoms with E-state index in [9.17, 15) is 13.2 Å². The lowest BCUT2D eigenvalue weighted by Gasteiger charge is -2.34. The molecule has 1 heterocycles. The molecule has 5 nitrogen and oxygen atoms in total. The van der Waals surface area contributed by atoms with Gasteiger partial charge in [0.25, 0.3) is 0 Å². The number of hydrogen-bond acceptors (Lipinski definition) is 5. The van der Waals surface area contributed by atoms with Crippen LogP contribution in [0.2, 0.25) is 0 Å². The van der Waals surface area contributed by atoms with Gasteiger partial charge in [-0.05, 0) is 13.3 Å². The van der Waals surface area contributed by atoms with E-state index in [1.165, 1.54) is 11.2 Å². The maximum Gasteiger partial charge on any atom is 0.223 e. The lowest BCUT2D eigenvalue weighted by atomic mass is 10.2. The number of aliphatic hydroxyl groups excluding tert-OH is 1. The molecule has 1 aliphatic rings. The summed E-state index contributed by atoms with van der Waals surface area (Å²) >= 11 is 1.55. The summed E-state index contributed by atoms with van der Waals surface area (Å²) in [5.74, 6) is 1.03. The van der Waals surface area contributed by atoms with E-state index < -0.39 is 21.3 Å². The van der Waals surface area contributed by atoms with Gasteiger partial charge in [-0.15, -0.1) is 0 Å². The molecule has 0 radical (unpaired) electrons. The van der Waals surface area contributed by atoms with Crippen LogP contribution in [-0.2, 0) is 14.6 Å². The molecule has 0 aromatic heterocycles. The molecule has 1 N–H and O–H groups in total. The third kappa shape index (κ3) is 4.48. The minimum Gasteiger partial charge on any atom is -0.393 e. The van der Waals surface area contributed by atoms with Crippen LogP contribution in [0.15, 0.2) is 0 Å². The highest BCUT2D eigenvalue weighted by Gasteiger charge is 2.33. The molecule has 17 heavy (non-hydrogen) atoms. The fraction of sp³-hybridized carbons (Fsp3) is 0.900. The van der Waals surface area contributed by atoms with Crippen molar-refractivity contribution in [3.63, 3.8) is 0 Å². The Morgan fingerprint density at radius 2 is 2.24 bits per heavy atom. The minimum atomic E-state index is -3.24. The lowest BCUT2D eigenvalue weighted by Crippen LogP contribution is -2.49. The van der Waals surface area contributed by atoms with Gasteiger partial charge in [0.15, 0.2) is 9.84 Å². The minimum absolute atomic E-state index is 0.179. The Hall–Kier alpha value is -0.270. The molecule has 0 aromatic rings. The van der Waals surface area contributed by atoms with Gasteiger partial charge < -0.3 is 10.0 Å². The Morgan fingerprint density at radius 3 is 2.76 bits per heavy atom. The van der Waals surface area contributed by atoms with Crippen LogP contribution in [0.4, 0.5) is 0 Å². The van der Waals surface area contributed by atoms with Gasteiger partial charge in [0.2, 0.25) is 5.91 Å². The second-order valence-corrected chi connectivity index (χ2v) is 7.69. The highest BCUT2D eigenvalue weighted by molar-refractivity contribution is 8.00. The normalized spacial score (nSPS) is 23.5. The average Bonchev–Trinajstić information content (AvgIpc) is 2.24. The molecule has 1 amide bonds. The van der Waals surface area contributed by atoms with E-state index in [0.29, 0.717) is 18.7 Å². The average molecular weight is 281 g/mol. The second-order valence-electron chi connectivity index (χ2n) is 4.33. The van der Waals surface area contributed by atoms with E-state index in [1.54, 1.807) is 18.7 Å². The van der Waals surface area contributed by atoms with Crippen LogP contribution in [0, 0.1) is 0 Å². The molecule has 100 valence electrons. The topological polar surface area (TPSA) is 74.7 Å². The van der Waals surface area contributed by atoms with Gasteiger partial charge in [0.1, 0.15) is 5.37 Å². The van der Waals surface area contributed by atoms with Crippen molar-refractivity contribution in [2.75, 3.05) is 24.3 Å². The summed E-state index contributed by atoms with van der Waals surface area (Å²) in [6, 6.07) is 0. The Bertz CT molecular complexity index is 367. The van der Waals surface area contributed by atoms with Crippen LogP contribution < -0.4 is 0 Å². The lowest BCUT2D eigenvalue weighted by molar-refractivity contribution is -0.132. The maximum atomic E-state index is 11.9. The smallest absolute Gasteiger partial charge is 0.223 e. The first-order chi connectivity index (χ1) is 7.82. The Morgan fingerprint density at radius 1 is 1.59 bits per heavy atom. The number of nitrogens with zero attached hydrogens (tertiary/aromatic N) is 1. The van der Waals surface area contributed by atoms with Crippen LogP contribution in [0.5, 0.6) is 0 Å². The van der Waals surface area contributed by atoms with E-state index in [4.69, 9.17) is 5.11 Å². The number of carbonyl (C=O) groups excluding carboxylic acids is 1. The largest absolute Gasteiger partial charge is 0.393 e. The summed E-state index contributed by atoms with van der Waals surface area (Å²) in [6.45, 7) is 2.09. The highest BCUT2D eigenvalue weighted by atomic mass is 32.2. The molecule has 1 fully saturated rings. The molecular formula is C10H19NO4S2. The van der Waals surface area contributed by atoms with Gasteiger partial charge in [-0.25, -0.2) is 8.42 Å². The first-order valence-electron chi connectivity index (χ1n) is 5.56. The quantitative estimate of drug-likeness (QED) is 0.790. The van der Waals surface area contributed by atoms with Crippen molar-refractivity contribution in [2.45, 2.75) is 31.2 Å². The number of hydrogen-bond donors (Lipinski definition) is 1. The predicted octanol–water partition coefficient (Wildman–Crippen LogP) is 0.0935. The molecule has 1 aliphatic heterocycles. The molecule has 0 aromatic carbocycles. The summed E-state index contributed by atoms with van der Waals surface area (Å²) in [5.41, 5.74) is 0. The van der Waals surface area contributed by atoms with Crippen LogP contribution in [0.1, 0.15) is 19.8 Å². The standard InChI is InChI=1S/C10H19NO4S2/c1-8(12)3-4-9(13)11-5-6-16-7-10(11)17(2,14)15/h8,10,12H,3-7H2,1-2H3. The highest BCUT2D eigenvalue weighted by Crippen LogP contribution is 2.21. The van der Waals surface area contributed by atoms with Crippen molar-refractivity contribution in [3.8, 4) is 0 Å². The second kappa shape index (κ2) is 6.06. The zero-order valence-electron chi connectivity index (χ0n) is 10.1. The van der Waals surface area contributed by atoms with Gasteiger partial charge in [-0.3, -0.25) is 4.79 Å². The van der Waals surface area contributed by atoms with Gasteiger partial charge in [0.05, 0.1) is 6.10 Å². The van der Waals surface area contributed by atoms with Crippen LogP contribution in [-0.4, -0.2) is 60.1 Å². The molecule has 0 saturated carbocycles. The summed E-state index contributed by atoms with van der Waals surface area (Å²) < 4.78 is 23.2. The summed E-state index contributed by atoms with van der Waals surface area (Å²) in [7, 11) is -3.24. The van der Waals surface area contributed by atoms with E-state index in [1.807, 2.05) is 0 Å². The van der Waals surface area contributed by atoms with Gasteiger partial charge in [0, 0.05) is 30.7 Å². The zero-order valence-corrected chi connectivity index (χ0v) is 11.8. The molecule has 1 rings (SSSR count). The Kier molecular flexibility index (Phi) is 5.27. The number of rotatable bonds is 4. The Balaban J connectivity index is 2.68. The number of sulfone groups is 1. The van der Waals surface area contributed by atoms with Crippen LogP contribution >= 0.6 is 11.8 Å². The number of amides is 1. The van der Waals surface area contributed by atoms with Crippen LogP contribution in [0.3, 0.4) is 0 Å². The zero-order chi connectivity index (χ0) is 13.1. The molecular weight excluding hydrogens is 262 g/mol. The van der Waals surface area contributed by atoms with Crippen molar-refractivity contribution in [1.82, 2.24) is 4.90 Å². The summed E-state index contributed by atoms with van der Waals surface area (Å²) in [4.78, 5) is 13.3. The monoisotopic (exact) mass is 281 g/mol. The first-order valence-corrected chi connectivity index (χ1v) is 8.67. The predicted molar refractivity (Wildman–Crippen MR) is 68.6 cm³/mol. The van der Waals surface area contributed by atoms with Gasteiger partial charge in [-0.1, -0.05) is 0 Å². The molecule has 7 heteroatoms. The van der Waals surface area contributed by atoms with Crippen molar-refractivity contribution in [2.24, 2.45) is 0 Å². The summed E-state index contributed by atoms with van der Waals surface area (Å²) in [6.07, 6.45) is 1.21. The third-order valence-electron chi connectivity index (χ3n) is 2.68. The van der Waals surface area contributed by atoms with Gasteiger partial charge in [-0.2, -0.15) is 11.8 Å². The SMILES string of the molecule is CC(O)CCC(=O)N1CCSCC1S(C)(=O)=O. The van der Waals surface area contributed by atoms with Gasteiger partial charge >= 0.3 is 0 Å². The Labute approximate surface area is 106 Å². The molecule has 0 bridgehead atoms. The van der Waals surface area contributed by atoms with Crippen molar-refractivity contribution in [1.29, 1.82) is 0 Å². The number of thioether (sulfide) groups is 1. The van der Waals surface area contributed by atoms with E-state index >= 15 is 0 Å². The summed E-state index contributed by atoms with van der Waals surface area (Å²) in [5, 5.41) is 8.43. The van der Waals surface area contributed by atoms with E-state index in [2.05, 4.69) is 0 Å². The molecule has 2 atom stereocenters. The molecule has 0 spiro atoms. The molecule has 2 unspecified atom stereocenters. The molecule has 1 saturated heterocycles. The fourth-order valence-corrected chi connectivity index (χ4v) is 4.53. The number of aliphatic hydroxyl groups is 1. The first kappa shape index (κ1) is 14.8. The van der Waals surface area contributed by atoms with E-state index in [-0.39, 0.29) is 12.3 Å². The van der Waals surface area contributed by atoms with Crippen molar-refractivity contribution >= 4 is 27.5 Å². The third-order valence-corrected chi connectivity index (χ3v) is 5.32. The molecule has 0 aliphatic carbocycles. The fourth-order valence-electron chi connectivity index (χ4n) is 1.70. The maximum absolute atomic E-state index is 11.9. The van der Waals surface area contributed by atoms with E-state index in [0.717, 1.165) is 5.75 Å². The number of carbonyl (C=O) groups is 1. The van der Waals surface area contributed by atoms with Crippen molar-refractivity contribution in [3.05, 3.63) is 0 Å².